The maximum atomic E-state index is 12.7. The topological polar surface area (TPSA) is 59.3 Å². The van der Waals surface area contributed by atoms with Crippen molar-refractivity contribution in [2.45, 2.75) is 6.92 Å². The molecule has 0 bridgehead atoms. The zero-order chi connectivity index (χ0) is 18.3. The maximum Gasteiger partial charge on any atom is 0.349 e. The molecule has 0 aliphatic heterocycles. The number of fused-ring (bicyclic) bond motifs is 3. The summed E-state index contributed by atoms with van der Waals surface area (Å²) in [5.74, 6) is -0.529. The lowest BCUT2D eigenvalue weighted by molar-refractivity contribution is 0.102. The molecule has 1 amide bonds. The number of hydrogen-bond donors (Lipinski definition) is 1. The van der Waals surface area contributed by atoms with Crippen molar-refractivity contribution in [2.24, 2.45) is 0 Å². The molecular weight excluding hydrogens is 350 g/mol. The molecule has 0 aliphatic carbocycles. The monoisotopic (exact) mass is 363 g/mol. The SMILES string of the molecule is Cc1c(Cl)cccc1NC(=O)c1cc2c(ccc3ccccc32)oc1=O. The normalized spacial score (nSPS) is 11.0. The predicted molar refractivity (Wildman–Crippen MR) is 104 cm³/mol. The Hall–Kier alpha value is -3.11. The Labute approximate surface area is 154 Å². The summed E-state index contributed by atoms with van der Waals surface area (Å²) in [5.41, 5.74) is 1.01. The van der Waals surface area contributed by atoms with Crippen molar-refractivity contribution in [3.63, 3.8) is 0 Å². The molecule has 1 aromatic heterocycles. The van der Waals surface area contributed by atoms with E-state index in [4.69, 9.17) is 16.0 Å². The summed E-state index contributed by atoms with van der Waals surface area (Å²) in [7, 11) is 0. The van der Waals surface area contributed by atoms with E-state index in [1.165, 1.54) is 0 Å². The summed E-state index contributed by atoms with van der Waals surface area (Å²) < 4.78 is 5.37. The lowest BCUT2D eigenvalue weighted by Crippen LogP contribution is -2.21. The molecule has 1 N–H and O–H groups in total. The summed E-state index contributed by atoms with van der Waals surface area (Å²) in [6, 6.07) is 18.2. The van der Waals surface area contributed by atoms with Crippen molar-refractivity contribution in [1.29, 1.82) is 0 Å². The quantitative estimate of drug-likeness (QED) is 0.395. The Morgan fingerprint density at radius 2 is 1.81 bits per heavy atom. The highest BCUT2D eigenvalue weighted by atomic mass is 35.5. The van der Waals surface area contributed by atoms with Crippen molar-refractivity contribution < 1.29 is 9.21 Å². The van der Waals surface area contributed by atoms with Crippen LogP contribution in [0.15, 0.2) is 69.9 Å². The Morgan fingerprint density at radius 1 is 1.00 bits per heavy atom. The number of carbonyl (C=O) groups is 1. The number of carbonyl (C=O) groups excluding carboxylic acids is 1. The molecule has 26 heavy (non-hydrogen) atoms. The molecule has 0 aliphatic rings. The predicted octanol–water partition coefficient (Wildman–Crippen LogP) is 5.16. The first kappa shape index (κ1) is 16.4. The van der Waals surface area contributed by atoms with Crippen LogP contribution >= 0.6 is 11.6 Å². The molecule has 0 saturated heterocycles. The van der Waals surface area contributed by atoms with Crippen LogP contribution in [0.2, 0.25) is 5.02 Å². The number of halogens is 1. The number of amides is 1. The van der Waals surface area contributed by atoms with Gasteiger partial charge in [0.25, 0.3) is 5.91 Å². The highest BCUT2D eigenvalue weighted by molar-refractivity contribution is 6.31. The van der Waals surface area contributed by atoms with Crippen LogP contribution in [0.3, 0.4) is 0 Å². The van der Waals surface area contributed by atoms with Gasteiger partial charge in [0.1, 0.15) is 11.1 Å². The van der Waals surface area contributed by atoms with Gasteiger partial charge in [0.05, 0.1) is 0 Å². The average molecular weight is 364 g/mol. The van der Waals surface area contributed by atoms with Crippen LogP contribution in [0.4, 0.5) is 5.69 Å². The van der Waals surface area contributed by atoms with Gasteiger partial charge in [-0.1, -0.05) is 48.0 Å². The zero-order valence-electron chi connectivity index (χ0n) is 13.9. The molecule has 5 heteroatoms. The van der Waals surface area contributed by atoms with Gasteiger partial charge in [0.2, 0.25) is 0 Å². The van der Waals surface area contributed by atoms with Crippen LogP contribution in [0.5, 0.6) is 0 Å². The highest BCUT2D eigenvalue weighted by Crippen LogP contribution is 2.26. The van der Waals surface area contributed by atoms with E-state index in [9.17, 15) is 9.59 Å². The molecule has 128 valence electrons. The van der Waals surface area contributed by atoms with Crippen LogP contribution in [0.1, 0.15) is 15.9 Å². The molecule has 4 nitrogen and oxygen atoms in total. The second kappa shape index (κ2) is 6.32. The van der Waals surface area contributed by atoms with Crippen molar-refractivity contribution in [1.82, 2.24) is 0 Å². The number of rotatable bonds is 2. The summed E-state index contributed by atoms with van der Waals surface area (Å²) >= 11 is 6.09. The molecule has 0 fully saturated rings. The summed E-state index contributed by atoms with van der Waals surface area (Å²) in [4.78, 5) is 25.0. The Kier molecular flexibility index (Phi) is 3.98. The van der Waals surface area contributed by atoms with Gasteiger partial charge in [-0.2, -0.15) is 0 Å². The van der Waals surface area contributed by atoms with E-state index in [1.807, 2.05) is 30.3 Å². The van der Waals surface area contributed by atoms with Gasteiger partial charge in [-0.25, -0.2) is 4.79 Å². The fourth-order valence-corrected chi connectivity index (χ4v) is 3.14. The van der Waals surface area contributed by atoms with E-state index < -0.39 is 11.5 Å². The first-order chi connectivity index (χ1) is 12.5. The fourth-order valence-electron chi connectivity index (χ4n) is 2.96. The van der Waals surface area contributed by atoms with Crippen molar-refractivity contribution in [2.75, 3.05) is 5.32 Å². The molecule has 0 atom stereocenters. The molecule has 0 spiro atoms. The molecule has 4 rings (SSSR count). The summed E-state index contributed by atoms with van der Waals surface area (Å²) in [6.45, 7) is 1.80. The van der Waals surface area contributed by atoms with E-state index >= 15 is 0 Å². The largest absolute Gasteiger partial charge is 0.422 e. The molecule has 4 aromatic rings. The second-order valence-corrected chi connectivity index (χ2v) is 6.42. The van der Waals surface area contributed by atoms with Gasteiger partial charge in [-0.05, 0) is 47.5 Å². The van der Waals surface area contributed by atoms with E-state index in [2.05, 4.69) is 5.32 Å². The minimum absolute atomic E-state index is 0.0479. The van der Waals surface area contributed by atoms with E-state index in [-0.39, 0.29) is 5.56 Å². The minimum Gasteiger partial charge on any atom is -0.422 e. The van der Waals surface area contributed by atoms with E-state index in [0.29, 0.717) is 16.3 Å². The van der Waals surface area contributed by atoms with Gasteiger partial charge in [0.15, 0.2) is 0 Å². The second-order valence-electron chi connectivity index (χ2n) is 6.01. The molecular formula is C21H14ClNO3. The van der Waals surface area contributed by atoms with Crippen LogP contribution in [0.25, 0.3) is 21.7 Å². The fraction of sp³-hybridized carbons (Fsp3) is 0.0476. The molecule has 0 saturated carbocycles. The molecule has 3 aromatic carbocycles. The van der Waals surface area contributed by atoms with Gasteiger partial charge in [-0.3, -0.25) is 4.79 Å². The van der Waals surface area contributed by atoms with Crippen molar-refractivity contribution in [3.05, 3.63) is 87.2 Å². The van der Waals surface area contributed by atoms with E-state index in [0.717, 1.165) is 21.7 Å². The Morgan fingerprint density at radius 3 is 2.65 bits per heavy atom. The van der Waals surface area contributed by atoms with Gasteiger partial charge in [0, 0.05) is 16.1 Å². The third kappa shape index (κ3) is 2.74. The maximum absolute atomic E-state index is 12.7. The van der Waals surface area contributed by atoms with Crippen molar-refractivity contribution >= 4 is 44.9 Å². The van der Waals surface area contributed by atoms with Crippen LogP contribution < -0.4 is 10.9 Å². The van der Waals surface area contributed by atoms with Crippen LogP contribution in [-0.4, -0.2) is 5.91 Å². The molecule has 0 radical (unpaired) electrons. The number of benzene rings is 3. The van der Waals surface area contributed by atoms with Crippen LogP contribution in [0, 0.1) is 6.92 Å². The van der Waals surface area contributed by atoms with E-state index in [1.54, 1.807) is 37.3 Å². The molecule has 1 heterocycles. The zero-order valence-corrected chi connectivity index (χ0v) is 14.6. The molecule has 0 unspecified atom stereocenters. The summed E-state index contributed by atoms with van der Waals surface area (Å²) in [6.07, 6.45) is 0. The first-order valence-corrected chi connectivity index (χ1v) is 8.44. The van der Waals surface area contributed by atoms with Gasteiger partial charge in [-0.15, -0.1) is 0 Å². The third-order valence-electron chi connectivity index (χ3n) is 4.40. The van der Waals surface area contributed by atoms with Gasteiger partial charge >= 0.3 is 5.63 Å². The van der Waals surface area contributed by atoms with Gasteiger partial charge < -0.3 is 9.73 Å². The first-order valence-electron chi connectivity index (χ1n) is 8.06. The number of nitrogens with one attached hydrogen (secondary N) is 1. The highest BCUT2D eigenvalue weighted by Gasteiger charge is 2.16. The minimum atomic E-state index is -0.676. The van der Waals surface area contributed by atoms with Crippen LogP contribution in [-0.2, 0) is 0 Å². The third-order valence-corrected chi connectivity index (χ3v) is 4.81. The average Bonchev–Trinajstić information content (AvgIpc) is 2.64. The number of anilines is 1. The summed E-state index contributed by atoms with van der Waals surface area (Å²) in [5, 5.41) is 5.92. The smallest absolute Gasteiger partial charge is 0.349 e. The Balaban J connectivity index is 1.84. The Bertz CT molecular complexity index is 1230. The van der Waals surface area contributed by atoms with Crippen molar-refractivity contribution in [3.8, 4) is 0 Å². The standard InChI is InChI=1S/C21H14ClNO3/c1-12-17(22)7-4-8-18(12)23-20(24)16-11-15-14-6-3-2-5-13(14)9-10-19(15)26-21(16)25/h2-11H,1H3,(H,23,24). The lowest BCUT2D eigenvalue weighted by atomic mass is 10.0. The lowest BCUT2D eigenvalue weighted by Gasteiger charge is -2.10. The number of hydrogen-bond acceptors (Lipinski definition) is 3.